The van der Waals surface area contributed by atoms with Gasteiger partial charge in [0.2, 0.25) is 0 Å². The first-order valence-corrected chi connectivity index (χ1v) is 5.13. The zero-order chi connectivity index (χ0) is 10.7. The van der Waals surface area contributed by atoms with Crippen molar-refractivity contribution in [2.45, 2.75) is 33.8 Å². The van der Waals surface area contributed by atoms with Crippen LogP contribution in [-0.4, -0.2) is 10.1 Å². The van der Waals surface area contributed by atoms with Gasteiger partial charge in [0.1, 0.15) is 0 Å². The first-order valence-electron chi connectivity index (χ1n) is 5.13. The van der Waals surface area contributed by atoms with Gasteiger partial charge in [-0.25, -0.2) is 0 Å². The molecule has 0 aromatic carbocycles. The summed E-state index contributed by atoms with van der Waals surface area (Å²) < 4.78 is 0. The Hall–Kier alpha value is -0.890. The Labute approximate surface area is 86.0 Å². The lowest BCUT2D eigenvalue weighted by Crippen LogP contribution is -2.15. The summed E-state index contributed by atoms with van der Waals surface area (Å²) in [6, 6.07) is 3.89. The summed E-state index contributed by atoms with van der Waals surface area (Å²) in [4.78, 5) is 4.23. The zero-order valence-corrected chi connectivity index (χ0v) is 9.36. The van der Waals surface area contributed by atoms with Crippen LogP contribution in [0, 0.1) is 18.8 Å². The first kappa shape index (κ1) is 11.2. The number of aromatic nitrogens is 1. The average molecular weight is 193 g/mol. The largest absolute Gasteiger partial charge is 0.387 e. The maximum Gasteiger partial charge on any atom is 0.0987 e. The molecular weight excluding hydrogens is 174 g/mol. The van der Waals surface area contributed by atoms with E-state index in [9.17, 15) is 5.11 Å². The van der Waals surface area contributed by atoms with E-state index in [4.69, 9.17) is 0 Å². The Kier molecular flexibility index (Phi) is 3.64. The Morgan fingerprint density at radius 3 is 2.29 bits per heavy atom. The Balaban J connectivity index is 2.78. The third kappa shape index (κ3) is 2.55. The minimum Gasteiger partial charge on any atom is -0.387 e. The molecule has 1 aromatic heterocycles. The van der Waals surface area contributed by atoms with E-state index < -0.39 is 6.10 Å². The van der Waals surface area contributed by atoms with Crippen LogP contribution in [0.3, 0.4) is 0 Å². The molecule has 0 fully saturated rings. The lowest BCUT2D eigenvalue weighted by Gasteiger charge is -2.21. The van der Waals surface area contributed by atoms with Gasteiger partial charge in [0.05, 0.1) is 11.8 Å². The number of hydrogen-bond donors (Lipinski definition) is 1. The molecule has 2 atom stereocenters. The van der Waals surface area contributed by atoms with Gasteiger partial charge in [-0.3, -0.25) is 4.98 Å². The van der Waals surface area contributed by atoms with Gasteiger partial charge in [0.15, 0.2) is 0 Å². The quantitative estimate of drug-likeness (QED) is 0.800. The molecule has 2 unspecified atom stereocenters. The number of rotatable bonds is 3. The summed E-state index contributed by atoms with van der Waals surface area (Å²) in [5.74, 6) is 0.707. The van der Waals surface area contributed by atoms with Crippen molar-refractivity contribution in [3.8, 4) is 0 Å². The van der Waals surface area contributed by atoms with E-state index in [1.165, 1.54) is 0 Å². The summed E-state index contributed by atoms with van der Waals surface area (Å²) in [5.41, 5.74) is 1.90. The number of hydrogen-bond acceptors (Lipinski definition) is 2. The van der Waals surface area contributed by atoms with Gasteiger partial charge < -0.3 is 5.11 Å². The highest BCUT2D eigenvalue weighted by Gasteiger charge is 2.20. The van der Waals surface area contributed by atoms with Crippen LogP contribution >= 0.6 is 0 Å². The molecular formula is C12H19NO. The summed E-state index contributed by atoms with van der Waals surface area (Å²) in [5, 5.41) is 9.99. The van der Waals surface area contributed by atoms with E-state index in [0.29, 0.717) is 5.92 Å². The van der Waals surface area contributed by atoms with E-state index in [0.717, 1.165) is 11.3 Å². The van der Waals surface area contributed by atoms with Crippen LogP contribution in [0.5, 0.6) is 0 Å². The number of nitrogens with zero attached hydrogens (tertiary/aromatic N) is 1. The standard InChI is InChI=1S/C12H19NO/c1-8(2)10(4)12(14)11-6-5-9(3)7-13-11/h5-8,10,12,14H,1-4H3. The van der Waals surface area contributed by atoms with Crippen LogP contribution in [0.2, 0.25) is 0 Å². The third-order valence-corrected chi connectivity index (χ3v) is 2.79. The van der Waals surface area contributed by atoms with Crippen molar-refractivity contribution in [3.63, 3.8) is 0 Å². The Bertz CT molecular complexity index is 279. The van der Waals surface area contributed by atoms with Gasteiger partial charge >= 0.3 is 0 Å². The SMILES string of the molecule is Cc1ccc(C(O)C(C)C(C)C)nc1. The predicted octanol–water partition coefficient (Wildman–Crippen LogP) is 2.72. The molecule has 0 saturated heterocycles. The van der Waals surface area contributed by atoms with E-state index >= 15 is 0 Å². The second kappa shape index (κ2) is 4.56. The highest BCUT2D eigenvalue weighted by Crippen LogP contribution is 2.25. The van der Waals surface area contributed by atoms with Gasteiger partial charge in [-0.2, -0.15) is 0 Å². The Morgan fingerprint density at radius 1 is 1.21 bits per heavy atom. The lowest BCUT2D eigenvalue weighted by atomic mass is 9.90. The maximum atomic E-state index is 9.99. The maximum absolute atomic E-state index is 9.99. The van der Waals surface area contributed by atoms with Crippen molar-refractivity contribution in [1.82, 2.24) is 4.98 Å². The molecule has 2 nitrogen and oxygen atoms in total. The molecule has 0 spiro atoms. The van der Waals surface area contributed by atoms with E-state index in [-0.39, 0.29) is 5.92 Å². The van der Waals surface area contributed by atoms with E-state index in [1.54, 1.807) is 6.20 Å². The smallest absolute Gasteiger partial charge is 0.0987 e. The molecule has 0 radical (unpaired) electrons. The molecule has 0 bridgehead atoms. The fourth-order valence-electron chi connectivity index (χ4n) is 1.29. The van der Waals surface area contributed by atoms with Crippen molar-refractivity contribution < 1.29 is 5.11 Å². The molecule has 0 aliphatic carbocycles. The second-order valence-electron chi connectivity index (χ2n) is 4.31. The van der Waals surface area contributed by atoms with Crippen molar-refractivity contribution in [3.05, 3.63) is 29.6 Å². The molecule has 0 aliphatic rings. The second-order valence-corrected chi connectivity index (χ2v) is 4.31. The topological polar surface area (TPSA) is 33.1 Å². The van der Waals surface area contributed by atoms with Crippen LogP contribution in [0.25, 0.3) is 0 Å². The van der Waals surface area contributed by atoms with Crippen LogP contribution in [0.1, 0.15) is 38.1 Å². The van der Waals surface area contributed by atoms with E-state index in [2.05, 4.69) is 25.8 Å². The molecule has 1 aromatic rings. The van der Waals surface area contributed by atoms with Gasteiger partial charge in [0.25, 0.3) is 0 Å². The Morgan fingerprint density at radius 2 is 1.86 bits per heavy atom. The zero-order valence-electron chi connectivity index (χ0n) is 9.36. The molecule has 0 aliphatic heterocycles. The third-order valence-electron chi connectivity index (χ3n) is 2.79. The molecule has 1 N–H and O–H groups in total. The minimum absolute atomic E-state index is 0.241. The summed E-state index contributed by atoms with van der Waals surface area (Å²) >= 11 is 0. The number of aliphatic hydroxyl groups is 1. The summed E-state index contributed by atoms with van der Waals surface area (Å²) in [7, 11) is 0. The summed E-state index contributed by atoms with van der Waals surface area (Å²) in [6.07, 6.45) is 1.35. The lowest BCUT2D eigenvalue weighted by molar-refractivity contribution is 0.0882. The first-order chi connectivity index (χ1) is 6.52. The van der Waals surface area contributed by atoms with Crippen LogP contribution in [0.4, 0.5) is 0 Å². The molecule has 1 rings (SSSR count). The number of aryl methyl sites for hydroxylation is 1. The molecule has 0 amide bonds. The predicted molar refractivity (Wildman–Crippen MR) is 57.9 cm³/mol. The monoisotopic (exact) mass is 193 g/mol. The highest BCUT2D eigenvalue weighted by atomic mass is 16.3. The average Bonchev–Trinajstić information content (AvgIpc) is 2.16. The molecule has 1 heterocycles. The fraction of sp³-hybridized carbons (Fsp3) is 0.583. The van der Waals surface area contributed by atoms with Crippen molar-refractivity contribution in [2.24, 2.45) is 11.8 Å². The molecule has 0 saturated carbocycles. The van der Waals surface area contributed by atoms with Crippen LogP contribution in [0.15, 0.2) is 18.3 Å². The summed E-state index contributed by atoms with van der Waals surface area (Å²) in [6.45, 7) is 8.27. The minimum atomic E-state index is -0.449. The highest BCUT2D eigenvalue weighted by molar-refractivity contribution is 5.14. The van der Waals surface area contributed by atoms with Crippen molar-refractivity contribution in [1.29, 1.82) is 0 Å². The number of aliphatic hydroxyl groups excluding tert-OH is 1. The molecule has 2 heteroatoms. The van der Waals surface area contributed by atoms with Crippen LogP contribution in [-0.2, 0) is 0 Å². The molecule has 14 heavy (non-hydrogen) atoms. The number of pyridine rings is 1. The van der Waals surface area contributed by atoms with E-state index in [1.807, 2.05) is 19.1 Å². The van der Waals surface area contributed by atoms with Crippen LogP contribution < -0.4 is 0 Å². The normalized spacial score (nSPS) is 15.6. The van der Waals surface area contributed by atoms with Gasteiger partial charge in [-0.05, 0) is 30.4 Å². The van der Waals surface area contributed by atoms with Gasteiger partial charge in [-0.15, -0.1) is 0 Å². The molecule has 78 valence electrons. The van der Waals surface area contributed by atoms with Crippen molar-refractivity contribution in [2.75, 3.05) is 0 Å². The van der Waals surface area contributed by atoms with Gasteiger partial charge in [-0.1, -0.05) is 26.8 Å². The van der Waals surface area contributed by atoms with Gasteiger partial charge in [0, 0.05) is 6.20 Å². The fourth-order valence-corrected chi connectivity index (χ4v) is 1.29. The van der Waals surface area contributed by atoms with Crippen molar-refractivity contribution >= 4 is 0 Å².